The van der Waals surface area contributed by atoms with E-state index in [4.69, 9.17) is 5.11 Å². The van der Waals surface area contributed by atoms with Gasteiger partial charge in [-0.15, -0.1) is 0 Å². The molecule has 0 aromatic rings. The molecule has 108 valence electrons. The Bertz CT molecular complexity index is 187. The van der Waals surface area contributed by atoms with E-state index < -0.39 is 0 Å². The molecule has 1 amide bonds. The van der Waals surface area contributed by atoms with Crippen molar-refractivity contribution in [3.63, 3.8) is 0 Å². The summed E-state index contributed by atoms with van der Waals surface area (Å²) >= 11 is 0. The van der Waals surface area contributed by atoms with Crippen LogP contribution in [0.1, 0.15) is 71.1 Å². The predicted octanol–water partition coefficient (Wildman–Crippen LogP) is 2.52. The summed E-state index contributed by atoms with van der Waals surface area (Å²) in [6.45, 7) is 2.68. The standard InChI is InChI=1S/C14H30N2O2/c1-2-3-4-5-6-7-8-9-10-11-14(18)16-15-12-13-17/h15,17H,2-13H2,1H3,(H,16,18). The summed E-state index contributed by atoms with van der Waals surface area (Å²) in [5.74, 6) is 0.0198. The Labute approximate surface area is 112 Å². The molecule has 0 aromatic carbocycles. The van der Waals surface area contributed by atoms with E-state index in [1.165, 1.54) is 44.9 Å². The van der Waals surface area contributed by atoms with Crippen LogP contribution in [0.2, 0.25) is 0 Å². The van der Waals surface area contributed by atoms with Crippen molar-refractivity contribution >= 4 is 5.91 Å². The molecule has 0 atom stereocenters. The molecule has 0 aromatic heterocycles. The number of amides is 1. The first-order valence-corrected chi connectivity index (χ1v) is 7.43. The lowest BCUT2D eigenvalue weighted by molar-refractivity contribution is -0.122. The van der Waals surface area contributed by atoms with Gasteiger partial charge in [0.05, 0.1) is 6.61 Å². The topological polar surface area (TPSA) is 61.4 Å². The number of aliphatic hydroxyl groups excluding tert-OH is 1. The van der Waals surface area contributed by atoms with Crippen molar-refractivity contribution in [2.45, 2.75) is 71.1 Å². The highest BCUT2D eigenvalue weighted by Crippen LogP contribution is 2.10. The highest BCUT2D eigenvalue weighted by molar-refractivity contribution is 5.75. The normalized spacial score (nSPS) is 10.6. The van der Waals surface area contributed by atoms with Crippen molar-refractivity contribution in [2.24, 2.45) is 0 Å². The first-order valence-electron chi connectivity index (χ1n) is 7.43. The lowest BCUT2D eigenvalue weighted by Crippen LogP contribution is -2.38. The Morgan fingerprint density at radius 1 is 0.944 bits per heavy atom. The maximum Gasteiger partial charge on any atom is 0.234 e. The Balaban J connectivity index is 3.08. The zero-order valence-electron chi connectivity index (χ0n) is 11.8. The van der Waals surface area contributed by atoms with Gasteiger partial charge in [-0.2, -0.15) is 0 Å². The van der Waals surface area contributed by atoms with Gasteiger partial charge in [-0.3, -0.25) is 10.2 Å². The van der Waals surface area contributed by atoms with Crippen LogP contribution in [0.4, 0.5) is 0 Å². The van der Waals surface area contributed by atoms with E-state index in [1.807, 2.05) is 0 Å². The largest absolute Gasteiger partial charge is 0.395 e. The SMILES string of the molecule is CCCCCCCCCCCC(=O)NNCCO. The van der Waals surface area contributed by atoms with Gasteiger partial charge in [-0.25, -0.2) is 5.43 Å². The van der Waals surface area contributed by atoms with Crippen LogP contribution in [0.5, 0.6) is 0 Å². The predicted molar refractivity (Wildman–Crippen MR) is 75.1 cm³/mol. The Hall–Kier alpha value is -0.610. The maximum atomic E-state index is 11.3. The average Bonchev–Trinajstić information content (AvgIpc) is 2.37. The molecule has 0 saturated carbocycles. The quantitative estimate of drug-likeness (QED) is 0.351. The van der Waals surface area contributed by atoms with Gasteiger partial charge in [-0.1, -0.05) is 58.3 Å². The van der Waals surface area contributed by atoms with Crippen molar-refractivity contribution in [3.05, 3.63) is 0 Å². The van der Waals surface area contributed by atoms with E-state index in [1.54, 1.807) is 0 Å². The minimum absolute atomic E-state index is 0.0198. The number of carbonyl (C=O) groups is 1. The van der Waals surface area contributed by atoms with E-state index in [0.29, 0.717) is 13.0 Å². The van der Waals surface area contributed by atoms with E-state index in [2.05, 4.69) is 17.8 Å². The van der Waals surface area contributed by atoms with Crippen molar-refractivity contribution in [2.75, 3.05) is 13.2 Å². The molecule has 0 spiro atoms. The molecule has 0 bridgehead atoms. The summed E-state index contributed by atoms with van der Waals surface area (Å²) < 4.78 is 0. The first kappa shape index (κ1) is 17.4. The highest BCUT2D eigenvalue weighted by atomic mass is 16.3. The molecule has 0 saturated heterocycles. The molecule has 4 nitrogen and oxygen atoms in total. The number of rotatable bonds is 13. The number of aliphatic hydroxyl groups is 1. The molecule has 0 rings (SSSR count). The van der Waals surface area contributed by atoms with Gasteiger partial charge >= 0.3 is 0 Å². The summed E-state index contributed by atoms with van der Waals surface area (Å²) in [6, 6.07) is 0. The number of hydrogen-bond acceptors (Lipinski definition) is 3. The Morgan fingerprint density at radius 3 is 2.06 bits per heavy atom. The van der Waals surface area contributed by atoms with Gasteiger partial charge in [0.15, 0.2) is 0 Å². The maximum absolute atomic E-state index is 11.3. The van der Waals surface area contributed by atoms with Gasteiger partial charge in [0, 0.05) is 13.0 Å². The Morgan fingerprint density at radius 2 is 1.50 bits per heavy atom. The molecule has 0 radical (unpaired) electrons. The fraction of sp³-hybridized carbons (Fsp3) is 0.929. The molecule has 0 unspecified atom stereocenters. The van der Waals surface area contributed by atoms with Crippen LogP contribution in [-0.2, 0) is 4.79 Å². The molecule has 0 aliphatic rings. The smallest absolute Gasteiger partial charge is 0.234 e. The summed E-state index contributed by atoms with van der Waals surface area (Å²) in [6.07, 6.45) is 12.0. The molecule has 0 aliphatic heterocycles. The minimum atomic E-state index is 0.0198. The molecule has 3 N–H and O–H groups in total. The zero-order valence-corrected chi connectivity index (χ0v) is 11.8. The van der Waals surface area contributed by atoms with Crippen molar-refractivity contribution in [1.82, 2.24) is 10.9 Å². The molecule has 0 heterocycles. The van der Waals surface area contributed by atoms with Crippen molar-refractivity contribution < 1.29 is 9.90 Å². The van der Waals surface area contributed by atoms with Gasteiger partial charge in [0.2, 0.25) is 5.91 Å². The Kier molecular flexibility index (Phi) is 14.0. The van der Waals surface area contributed by atoms with Gasteiger partial charge < -0.3 is 5.11 Å². The van der Waals surface area contributed by atoms with E-state index >= 15 is 0 Å². The van der Waals surface area contributed by atoms with Crippen LogP contribution >= 0.6 is 0 Å². The lowest BCUT2D eigenvalue weighted by Gasteiger charge is -2.05. The van der Waals surface area contributed by atoms with Crippen LogP contribution in [0.15, 0.2) is 0 Å². The summed E-state index contributed by atoms with van der Waals surface area (Å²) in [5, 5.41) is 8.52. The van der Waals surface area contributed by atoms with Crippen molar-refractivity contribution in [1.29, 1.82) is 0 Å². The second-order valence-corrected chi connectivity index (χ2v) is 4.78. The molecule has 4 heteroatoms. The monoisotopic (exact) mass is 258 g/mol. The third-order valence-corrected chi connectivity index (χ3v) is 2.97. The van der Waals surface area contributed by atoms with Crippen LogP contribution in [0, 0.1) is 0 Å². The zero-order chi connectivity index (χ0) is 13.5. The first-order chi connectivity index (χ1) is 8.81. The van der Waals surface area contributed by atoms with E-state index in [0.717, 1.165) is 12.8 Å². The molecule has 0 fully saturated rings. The fourth-order valence-electron chi connectivity index (χ4n) is 1.88. The molecular formula is C14H30N2O2. The number of hydrazine groups is 1. The summed E-state index contributed by atoms with van der Waals surface area (Å²) in [4.78, 5) is 11.3. The van der Waals surface area contributed by atoms with Crippen LogP contribution in [0.25, 0.3) is 0 Å². The lowest BCUT2D eigenvalue weighted by atomic mass is 10.1. The van der Waals surface area contributed by atoms with Crippen LogP contribution in [0.3, 0.4) is 0 Å². The fourth-order valence-corrected chi connectivity index (χ4v) is 1.88. The third kappa shape index (κ3) is 13.5. The van der Waals surface area contributed by atoms with Crippen molar-refractivity contribution in [3.8, 4) is 0 Å². The van der Waals surface area contributed by atoms with Gasteiger partial charge in [-0.05, 0) is 6.42 Å². The summed E-state index contributed by atoms with van der Waals surface area (Å²) in [5.41, 5.74) is 5.23. The van der Waals surface area contributed by atoms with E-state index in [-0.39, 0.29) is 12.5 Å². The van der Waals surface area contributed by atoms with E-state index in [9.17, 15) is 4.79 Å². The minimum Gasteiger partial charge on any atom is -0.395 e. The number of carbonyl (C=O) groups excluding carboxylic acids is 1. The highest BCUT2D eigenvalue weighted by Gasteiger charge is 1.99. The van der Waals surface area contributed by atoms with Gasteiger partial charge in [0.25, 0.3) is 0 Å². The molecule has 18 heavy (non-hydrogen) atoms. The number of hydrogen-bond donors (Lipinski definition) is 3. The second kappa shape index (κ2) is 14.5. The van der Waals surface area contributed by atoms with Crippen LogP contribution < -0.4 is 10.9 Å². The summed E-state index contributed by atoms with van der Waals surface area (Å²) in [7, 11) is 0. The average molecular weight is 258 g/mol. The second-order valence-electron chi connectivity index (χ2n) is 4.78. The number of unbranched alkanes of at least 4 members (excludes halogenated alkanes) is 8. The van der Waals surface area contributed by atoms with Gasteiger partial charge in [0.1, 0.15) is 0 Å². The molecular weight excluding hydrogens is 228 g/mol. The molecule has 0 aliphatic carbocycles. The third-order valence-electron chi connectivity index (χ3n) is 2.97. The van der Waals surface area contributed by atoms with Crippen LogP contribution in [-0.4, -0.2) is 24.2 Å². The number of nitrogens with one attached hydrogen (secondary N) is 2.